The number of benzene rings is 9. The number of nitrogens with zero attached hydrogens (tertiary/aromatic N) is 1. The van der Waals surface area contributed by atoms with Crippen molar-refractivity contribution in [2.45, 2.75) is 0 Å². The lowest BCUT2D eigenvalue weighted by Crippen LogP contribution is -2.11. The highest BCUT2D eigenvalue weighted by atomic mass is 32.1. The van der Waals surface area contributed by atoms with Crippen LogP contribution in [0.15, 0.2) is 205 Å². The van der Waals surface area contributed by atoms with Crippen molar-refractivity contribution in [2.75, 3.05) is 4.90 Å². The molecule has 0 atom stereocenters. The first-order valence-corrected chi connectivity index (χ1v) is 19.5. The van der Waals surface area contributed by atoms with Crippen LogP contribution < -0.4 is 4.90 Å². The molecule has 0 amide bonds. The lowest BCUT2D eigenvalue weighted by atomic mass is 9.97. The molecule has 0 N–H and O–H groups in total. The van der Waals surface area contributed by atoms with Crippen LogP contribution >= 0.6 is 11.3 Å². The van der Waals surface area contributed by atoms with E-state index in [2.05, 4.69) is 193 Å². The summed E-state index contributed by atoms with van der Waals surface area (Å²) in [6, 6.07) is 72.2. The van der Waals surface area contributed by atoms with E-state index in [1.165, 1.54) is 69.7 Å². The Morgan fingerprint density at radius 3 is 1.85 bits per heavy atom. The van der Waals surface area contributed by atoms with Gasteiger partial charge >= 0.3 is 0 Å². The van der Waals surface area contributed by atoms with Crippen molar-refractivity contribution in [2.24, 2.45) is 0 Å². The second kappa shape index (κ2) is 12.9. The molecule has 0 spiro atoms. The summed E-state index contributed by atoms with van der Waals surface area (Å²) in [5, 5.41) is 7.37. The van der Waals surface area contributed by atoms with E-state index in [9.17, 15) is 0 Å². The lowest BCUT2D eigenvalue weighted by Gasteiger charge is -2.28. The minimum absolute atomic E-state index is 0.922. The Hall–Kier alpha value is -6.94. The predicted octanol–water partition coefficient (Wildman–Crippen LogP) is 15.6. The summed E-state index contributed by atoms with van der Waals surface area (Å²) < 4.78 is 8.82. The van der Waals surface area contributed by atoms with E-state index in [1.54, 1.807) is 0 Å². The van der Waals surface area contributed by atoms with Crippen molar-refractivity contribution in [1.82, 2.24) is 0 Å². The average Bonchev–Trinajstić information content (AvgIpc) is 3.84. The molecule has 258 valence electrons. The summed E-state index contributed by atoms with van der Waals surface area (Å²) in [5.41, 5.74) is 12.4. The normalized spacial score (nSPS) is 11.6. The van der Waals surface area contributed by atoms with E-state index in [-0.39, 0.29) is 0 Å². The van der Waals surface area contributed by atoms with Gasteiger partial charge in [-0.2, -0.15) is 0 Å². The van der Waals surface area contributed by atoms with Crippen LogP contribution in [0.1, 0.15) is 0 Å². The molecule has 2 nitrogen and oxygen atoms in total. The molecule has 11 aromatic rings. The number of hydrogen-bond acceptors (Lipinski definition) is 3. The lowest BCUT2D eigenvalue weighted by molar-refractivity contribution is 0.669. The second-order valence-electron chi connectivity index (χ2n) is 14.1. The largest absolute Gasteiger partial charge is 0.456 e. The van der Waals surface area contributed by atoms with Crippen molar-refractivity contribution in [3.63, 3.8) is 0 Å². The molecule has 0 saturated carbocycles. The maximum absolute atomic E-state index is 6.17. The third-order valence-electron chi connectivity index (χ3n) is 10.9. The Morgan fingerprint density at radius 2 is 1.02 bits per heavy atom. The zero-order chi connectivity index (χ0) is 36.3. The zero-order valence-electron chi connectivity index (χ0n) is 29.8. The summed E-state index contributed by atoms with van der Waals surface area (Å²) in [7, 11) is 0. The van der Waals surface area contributed by atoms with Crippen molar-refractivity contribution in [3.8, 4) is 33.4 Å². The highest BCUT2D eigenvalue weighted by molar-refractivity contribution is 7.26. The smallest absolute Gasteiger partial charge is 0.136 e. The van der Waals surface area contributed by atoms with Crippen LogP contribution in [-0.4, -0.2) is 0 Å². The number of anilines is 3. The highest BCUT2D eigenvalue weighted by Gasteiger charge is 2.19. The second-order valence-corrected chi connectivity index (χ2v) is 15.1. The molecule has 55 heavy (non-hydrogen) atoms. The monoisotopic (exact) mass is 719 g/mol. The molecule has 11 rings (SSSR count). The fourth-order valence-corrected chi connectivity index (χ4v) is 9.50. The van der Waals surface area contributed by atoms with Gasteiger partial charge in [0, 0.05) is 47.9 Å². The number of para-hydroxylation sites is 2. The summed E-state index contributed by atoms with van der Waals surface area (Å²) in [6.45, 7) is 0. The Labute approximate surface area is 322 Å². The Kier molecular flexibility index (Phi) is 7.39. The topological polar surface area (TPSA) is 16.4 Å². The van der Waals surface area contributed by atoms with E-state index < -0.39 is 0 Å². The van der Waals surface area contributed by atoms with Crippen LogP contribution in [0.2, 0.25) is 0 Å². The van der Waals surface area contributed by atoms with Gasteiger partial charge in [-0.1, -0.05) is 146 Å². The van der Waals surface area contributed by atoms with Gasteiger partial charge in [0.15, 0.2) is 0 Å². The van der Waals surface area contributed by atoms with Gasteiger partial charge in [0.1, 0.15) is 11.2 Å². The van der Waals surface area contributed by atoms with E-state index in [1.807, 2.05) is 23.5 Å². The van der Waals surface area contributed by atoms with Gasteiger partial charge in [-0.3, -0.25) is 0 Å². The quantitative estimate of drug-likeness (QED) is 0.170. The van der Waals surface area contributed by atoms with E-state index in [0.29, 0.717) is 0 Å². The highest BCUT2D eigenvalue weighted by Crippen LogP contribution is 2.44. The van der Waals surface area contributed by atoms with Crippen molar-refractivity contribution in [3.05, 3.63) is 200 Å². The van der Waals surface area contributed by atoms with Gasteiger partial charge in [-0.15, -0.1) is 11.3 Å². The molecule has 2 heterocycles. The van der Waals surface area contributed by atoms with E-state index in [0.717, 1.165) is 33.6 Å². The first-order chi connectivity index (χ1) is 27.3. The van der Waals surface area contributed by atoms with E-state index in [4.69, 9.17) is 4.42 Å². The molecule has 0 saturated heterocycles. The molecule has 3 heteroatoms. The predicted molar refractivity (Wildman–Crippen MR) is 235 cm³/mol. The van der Waals surface area contributed by atoms with Gasteiger partial charge < -0.3 is 9.32 Å². The van der Waals surface area contributed by atoms with Crippen LogP contribution in [0.25, 0.3) is 86.3 Å². The van der Waals surface area contributed by atoms with Crippen molar-refractivity contribution < 1.29 is 4.42 Å². The van der Waals surface area contributed by atoms with E-state index >= 15 is 0 Å². The van der Waals surface area contributed by atoms with Gasteiger partial charge in [0.05, 0.1) is 5.69 Å². The van der Waals surface area contributed by atoms with Gasteiger partial charge in [-0.05, 0) is 93.2 Å². The fourth-order valence-electron chi connectivity index (χ4n) is 8.26. The molecular weight excluding hydrogens is 687 g/mol. The zero-order valence-corrected chi connectivity index (χ0v) is 30.6. The summed E-state index contributed by atoms with van der Waals surface area (Å²) >= 11 is 1.87. The Morgan fingerprint density at radius 1 is 0.382 bits per heavy atom. The molecule has 0 aliphatic heterocycles. The number of hydrogen-bond donors (Lipinski definition) is 0. The van der Waals surface area contributed by atoms with Crippen molar-refractivity contribution in [1.29, 1.82) is 0 Å². The van der Waals surface area contributed by atoms with Crippen LogP contribution in [0.3, 0.4) is 0 Å². The fraction of sp³-hybridized carbons (Fsp3) is 0. The van der Waals surface area contributed by atoms with Crippen molar-refractivity contribution >= 4 is 81.3 Å². The van der Waals surface area contributed by atoms with Gasteiger partial charge in [0.2, 0.25) is 0 Å². The van der Waals surface area contributed by atoms with Crippen LogP contribution in [0, 0.1) is 0 Å². The van der Waals surface area contributed by atoms with Gasteiger partial charge in [-0.25, -0.2) is 0 Å². The Bertz CT molecular complexity index is 3190. The minimum atomic E-state index is 0.922. The van der Waals surface area contributed by atoms with Crippen LogP contribution in [0.4, 0.5) is 17.1 Å². The Balaban J connectivity index is 1.01. The SMILES string of the molecule is c1ccc(-c2ccccc2N(c2ccc(-c3ccc4c(ccc5oc6ccccc6c54)c3)cc2)c2ccc(-c3cccc4c3sc3ccccc34)cc2)cc1. The molecule has 9 aromatic carbocycles. The maximum atomic E-state index is 6.17. The third-order valence-corrected chi connectivity index (χ3v) is 12.1. The molecule has 0 aliphatic carbocycles. The number of fused-ring (bicyclic) bond motifs is 8. The first kappa shape index (κ1) is 31.6. The van der Waals surface area contributed by atoms with Crippen LogP contribution in [-0.2, 0) is 0 Å². The third kappa shape index (κ3) is 5.32. The van der Waals surface area contributed by atoms with Gasteiger partial charge in [0.25, 0.3) is 0 Å². The maximum Gasteiger partial charge on any atom is 0.136 e. The molecule has 2 aromatic heterocycles. The molecule has 0 bridgehead atoms. The number of thiophene rings is 1. The molecule has 0 fully saturated rings. The number of rotatable bonds is 6. The summed E-state index contributed by atoms with van der Waals surface area (Å²) in [6.07, 6.45) is 0. The average molecular weight is 720 g/mol. The molecule has 0 aliphatic rings. The summed E-state index contributed by atoms with van der Waals surface area (Å²) in [4.78, 5) is 2.39. The summed E-state index contributed by atoms with van der Waals surface area (Å²) in [5.74, 6) is 0. The van der Waals surface area contributed by atoms with Crippen LogP contribution in [0.5, 0.6) is 0 Å². The number of furan rings is 1. The molecular formula is C52H33NOS. The standard InChI is InChI=1S/C52H33NOS/c1-2-11-35(12-3-1)41-13-4-7-18-47(41)53(40-29-23-36(24-30-40)43-16-10-17-45-44-14-6-9-20-50(44)55-52(43)45)39-27-21-34(22-28-39)37-25-31-42-38(33-37)26-32-49-51(42)46-15-5-8-19-48(46)54-49/h1-33H. The molecule has 0 radical (unpaired) electrons. The first-order valence-electron chi connectivity index (χ1n) is 18.7. The molecule has 0 unspecified atom stereocenters. The minimum Gasteiger partial charge on any atom is -0.456 e.